The molecule has 0 unspecified atom stereocenters. The van der Waals surface area contributed by atoms with Crippen LogP contribution in [0.25, 0.3) is 0 Å². The molecule has 1 N–H and O–H groups in total. The molecule has 0 bridgehead atoms. The van der Waals surface area contributed by atoms with E-state index in [0.29, 0.717) is 11.6 Å². The molecule has 0 spiro atoms. The van der Waals surface area contributed by atoms with Gasteiger partial charge in [-0.1, -0.05) is 19.3 Å². The summed E-state index contributed by atoms with van der Waals surface area (Å²) in [5, 5.41) is 7.18. The fourth-order valence-corrected chi connectivity index (χ4v) is 2.23. The molecule has 0 atom stereocenters. The van der Waals surface area contributed by atoms with Crippen LogP contribution in [-0.2, 0) is 7.05 Å². The molecule has 4 heteroatoms. The number of rotatable bonds is 2. The highest BCUT2D eigenvalue weighted by Gasteiger charge is 2.18. The summed E-state index contributed by atoms with van der Waals surface area (Å²) in [5.74, 6) is 0.0255. The maximum atomic E-state index is 12.0. The maximum absolute atomic E-state index is 12.0. The van der Waals surface area contributed by atoms with Crippen LogP contribution in [0.15, 0.2) is 6.20 Å². The molecule has 1 amide bonds. The smallest absolute Gasteiger partial charge is 0.254 e. The molecule has 0 aromatic carbocycles. The van der Waals surface area contributed by atoms with Gasteiger partial charge in [-0.15, -0.1) is 0 Å². The lowest BCUT2D eigenvalue weighted by molar-refractivity contribution is 0.0927. The summed E-state index contributed by atoms with van der Waals surface area (Å²) in [6, 6.07) is 0.362. The van der Waals surface area contributed by atoms with E-state index in [1.807, 2.05) is 14.0 Å². The van der Waals surface area contributed by atoms with Crippen LogP contribution < -0.4 is 5.32 Å². The van der Waals surface area contributed by atoms with Crippen molar-refractivity contribution in [1.29, 1.82) is 0 Å². The topological polar surface area (TPSA) is 46.9 Å². The van der Waals surface area contributed by atoms with Crippen molar-refractivity contribution in [3.05, 3.63) is 17.5 Å². The summed E-state index contributed by atoms with van der Waals surface area (Å²) in [6.45, 7) is 1.92. The number of carbonyl (C=O) groups is 1. The summed E-state index contributed by atoms with van der Waals surface area (Å²) in [5.41, 5.74) is 1.63. The minimum atomic E-state index is 0.0255. The Morgan fingerprint density at radius 3 is 2.69 bits per heavy atom. The average molecular weight is 221 g/mol. The van der Waals surface area contributed by atoms with Crippen molar-refractivity contribution in [3.63, 3.8) is 0 Å². The van der Waals surface area contributed by atoms with Gasteiger partial charge in [0.15, 0.2) is 0 Å². The third-order valence-corrected chi connectivity index (χ3v) is 3.42. The largest absolute Gasteiger partial charge is 0.349 e. The van der Waals surface area contributed by atoms with E-state index < -0.39 is 0 Å². The summed E-state index contributed by atoms with van der Waals surface area (Å²) in [6.07, 6.45) is 7.65. The lowest BCUT2D eigenvalue weighted by atomic mass is 9.95. The van der Waals surface area contributed by atoms with E-state index in [9.17, 15) is 4.79 Å². The molecule has 2 rings (SSSR count). The summed E-state index contributed by atoms with van der Waals surface area (Å²) < 4.78 is 1.73. The molecule has 1 fully saturated rings. The molecule has 0 aliphatic heterocycles. The Kier molecular flexibility index (Phi) is 3.27. The number of nitrogens with one attached hydrogen (secondary N) is 1. The third kappa shape index (κ3) is 2.26. The SMILES string of the molecule is Cc1c(C(=O)NC2CCCCC2)cnn1C. The highest BCUT2D eigenvalue weighted by molar-refractivity contribution is 5.95. The molecular weight excluding hydrogens is 202 g/mol. The minimum absolute atomic E-state index is 0.0255. The van der Waals surface area contributed by atoms with Crippen molar-refractivity contribution in [2.75, 3.05) is 0 Å². The van der Waals surface area contributed by atoms with Gasteiger partial charge >= 0.3 is 0 Å². The standard InChI is InChI=1S/C12H19N3O/c1-9-11(8-13-15(9)2)12(16)14-10-6-4-3-5-7-10/h8,10H,3-7H2,1-2H3,(H,14,16). The Labute approximate surface area is 96.0 Å². The number of aryl methyl sites for hydroxylation is 1. The predicted octanol–water partition coefficient (Wildman–Crippen LogP) is 1.79. The normalized spacial score (nSPS) is 17.4. The first kappa shape index (κ1) is 11.2. The first-order valence-corrected chi connectivity index (χ1v) is 5.98. The van der Waals surface area contributed by atoms with Crippen molar-refractivity contribution in [1.82, 2.24) is 15.1 Å². The van der Waals surface area contributed by atoms with Gasteiger partial charge in [-0.25, -0.2) is 0 Å². The van der Waals surface area contributed by atoms with E-state index in [-0.39, 0.29) is 5.91 Å². The summed E-state index contributed by atoms with van der Waals surface area (Å²) in [4.78, 5) is 12.0. The van der Waals surface area contributed by atoms with E-state index >= 15 is 0 Å². The molecule has 0 radical (unpaired) electrons. The van der Waals surface area contributed by atoms with Crippen LogP contribution in [0.1, 0.15) is 48.2 Å². The fraction of sp³-hybridized carbons (Fsp3) is 0.667. The van der Waals surface area contributed by atoms with E-state index in [1.54, 1.807) is 10.9 Å². The molecule has 1 aliphatic rings. The Hall–Kier alpha value is -1.32. The van der Waals surface area contributed by atoms with E-state index in [0.717, 1.165) is 18.5 Å². The second kappa shape index (κ2) is 4.68. The quantitative estimate of drug-likeness (QED) is 0.827. The lowest BCUT2D eigenvalue weighted by Crippen LogP contribution is -2.36. The molecular formula is C12H19N3O. The van der Waals surface area contributed by atoms with Gasteiger partial charge in [-0.3, -0.25) is 9.48 Å². The summed E-state index contributed by atoms with van der Waals surface area (Å²) >= 11 is 0. The molecule has 1 heterocycles. The number of nitrogens with zero attached hydrogens (tertiary/aromatic N) is 2. The molecule has 1 aromatic heterocycles. The number of aromatic nitrogens is 2. The number of hydrogen-bond donors (Lipinski definition) is 1. The van der Waals surface area contributed by atoms with Gasteiger partial charge in [-0.05, 0) is 19.8 Å². The molecule has 1 aliphatic carbocycles. The Balaban J connectivity index is 1.99. The molecule has 1 saturated carbocycles. The Bertz CT molecular complexity index is 378. The number of carbonyl (C=O) groups excluding carboxylic acids is 1. The first-order valence-electron chi connectivity index (χ1n) is 5.98. The first-order chi connectivity index (χ1) is 7.68. The zero-order chi connectivity index (χ0) is 11.5. The van der Waals surface area contributed by atoms with Gasteiger partial charge in [0.1, 0.15) is 0 Å². The van der Waals surface area contributed by atoms with Gasteiger partial charge in [0.25, 0.3) is 5.91 Å². The molecule has 0 saturated heterocycles. The van der Waals surface area contributed by atoms with Crippen molar-refractivity contribution in [2.24, 2.45) is 7.05 Å². The van der Waals surface area contributed by atoms with Crippen LogP contribution >= 0.6 is 0 Å². The Morgan fingerprint density at radius 1 is 1.44 bits per heavy atom. The van der Waals surface area contributed by atoms with Gasteiger partial charge in [0.2, 0.25) is 0 Å². The average Bonchev–Trinajstić information content (AvgIpc) is 2.61. The number of amides is 1. The van der Waals surface area contributed by atoms with Crippen molar-refractivity contribution >= 4 is 5.91 Å². The van der Waals surface area contributed by atoms with Gasteiger partial charge < -0.3 is 5.32 Å². The highest BCUT2D eigenvalue weighted by atomic mass is 16.1. The van der Waals surface area contributed by atoms with E-state index in [2.05, 4.69) is 10.4 Å². The van der Waals surface area contributed by atoms with Crippen LogP contribution in [0.3, 0.4) is 0 Å². The van der Waals surface area contributed by atoms with Crippen molar-refractivity contribution < 1.29 is 4.79 Å². The van der Waals surface area contributed by atoms with Gasteiger partial charge in [-0.2, -0.15) is 5.10 Å². The zero-order valence-corrected chi connectivity index (χ0v) is 9.99. The third-order valence-electron chi connectivity index (χ3n) is 3.42. The lowest BCUT2D eigenvalue weighted by Gasteiger charge is -2.22. The van der Waals surface area contributed by atoms with Crippen molar-refractivity contribution in [3.8, 4) is 0 Å². The Morgan fingerprint density at radius 2 is 2.12 bits per heavy atom. The van der Waals surface area contributed by atoms with Crippen LogP contribution in [0.2, 0.25) is 0 Å². The summed E-state index contributed by atoms with van der Waals surface area (Å²) in [7, 11) is 1.85. The molecule has 88 valence electrons. The second-order valence-corrected chi connectivity index (χ2v) is 4.58. The molecule has 4 nitrogen and oxygen atoms in total. The van der Waals surface area contributed by atoms with Crippen LogP contribution in [0.5, 0.6) is 0 Å². The van der Waals surface area contributed by atoms with Crippen LogP contribution in [0.4, 0.5) is 0 Å². The monoisotopic (exact) mass is 221 g/mol. The fourth-order valence-electron chi connectivity index (χ4n) is 2.23. The van der Waals surface area contributed by atoms with E-state index in [1.165, 1.54) is 19.3 Å². The minimum Gasteiger partial charge on any atom is -0.349 e. The van der Waals surface area contributed by atoms with Crippen LogP contribution in [-0.4, -0.2) is 21.7 Å². The zero-order valence-electron chi connectivity index (χ0n) is 9.99. The van der Waals surface area contributed by atoms with Crippen LogP contribution in [0, 0.1) is 6.92 Å². The van der Waals surface area contributed by atoms with Gasteiger partial charge in [0, 0.05) is 18.8 Å². The predicted molar refractivity (Wildman–Crippen MR) is 62.3 cm³/mol. The second-order valence-electron chi connectivity index (χ2n) is 4.58. The maximum Gasteiger partial charge on any atom is 0.254 e. The molecule has 16 heavy (non-hydrogen) atoms. The van der Waals surface area contributed by atoms with E-state index in [4.69, 9.17) is 0 Å². The number of hydrogen-bond acceptors (Lipinski definition) is 2. The van der Waals surface area contributed by atoms with Gasteiger partial charge in [0.05, 0.1) is 11.8 Å². The molecule has 1 aromatic rings. The highest BCUT2D eigenvalue weighted by Crippen LogP contribution is 2.18. The van der Waals surface area contributed by atoms with Crippen molar-refractivity contribution in [2.45, 2.75) is 45.1 Å².